The third-order valence-electron chi connectivity index (χ3n) is 4.30. The molecule has 0 radical (unpaired) electrons. The second kappa shape index (κ2) is 8.22. The van der Waals surface area contributed by atoms with Gasteiger partial charge in [-0.25, -0.2) is 14.6 Å². The standard InChI is InChI=1S/C20H17ClIN5/c21-18(15-6-8-16(22)9-7-15)12-27-20-17(11-26-27)19(24-13-25-20)23-10-14-4-2-1-3-5-14/h1-9,11,13,18H,10,12H2,(H,23,24,25). The molecule has 27 heavy (non-hydrogen) atoms. The Morgan fingerprint density at radius 1 is 1.04 bits per heavy atom. The van der Waals surface area contributed by atoms with Crippen molar-refractivity contribution in [3.8, 4) is 0 Å². The number of halogens is 2. The highest BCUT2D eigenvalue weighted by molar-refractivity contribution is 14.1. The number of fused-ring (bicyclic) bond motifs is 1. The predicted octanol–water partition coefficient (Wildman–Crippen LogP) is 5.02. The van der Waals surface area contributed by atoms with Gasteiger partial charge in [-0.3, -0.25) is 0 Å². The Morgan fingerprint density at radius 2 is 1.81 bits per heavy atom. The summed E-state index contributed by atoms with van der Waals surface area (Å²) in [5, 5.41) is 8.56. The zero-order valence-electron chi connectivity index (χ0n) is 14.4. The normalized spacial score (nSPS) is 12.2. The molecule has 7 heteroatoms. The summed E-state index contributed by atoms with van der Waals surface area (Å²) in [7, 11) is 0. The topological polar surface area (TPSA) is 55.6 Å². The largest absolute Gasteiger partial charge is 0.365 e. The zero-order chi connectivity index (χ0) is 18.6. The van der Waals surface area contributed by atoms with E-state index in [1.165, 1.54) is 9.13 Å². The molecule has 136 valence electrons. The minimum absolute atomic E-state index is 0.180. The van der Waals surface area contributed by atoms with Crippen LogP contribution < -0.4 is 5.32 Å². The second-order valence-electron chi connectivity index (χ2n) is 6.14. The van der Waals surface area contributed by atoms with Gasteiger partial charge in [-0.2, -0.15) is 5.10 Å². The van der Waals surface area contributed by atoms with Crippen LogP contribution in [0.5, 0.6) is 0 Å². The molecule has 0 amide bonds. The molecule has 2 aromatic heterocycles. The van der Waals surface area contributed by atoms with Gasteiger partial charge >= 0.3 is 0 Å². The number of hydrogen-bond donors (Lipinski definition) is 1. The number of hydrogen-bond acceptors (Lipinski definition) is 4. The van der Waals surface area contributed by atoms with Crippen molar-refractivity contribution >= 4 is 51.0 Å². The van der Waals surface area contributed by atoms with E-state index in [1.807, 2.05) is 35.0 Å². The van der Waals surface area contributed by atoms with Crippen molar-refractivity contribution in [1.82, 2.24) is 19.7 Å². The molecule has 1 unspecified atom stereocenters. The van der Waals surface area contributed by atoms with Crippen LogP contribution >= 0.6 is 34.2 Å². The molecule has 5 nitrogen and oxygen atoms in total. The van der Waals surface area contributed by atoms with Crippen LogP contribution in [-0.4, -0.2) is 19.7 Å². The summed E-state index contributed by atoms with van der Waals surface area (Å²) < 4.78 is 3.02. The molecule has 4 rings (SSSR count). The maximum absolute atomic E-state index is 6.61. The Labute approximate surface area is 175 Å². The molecule has 0 saturated heterocycles. The molecule has 1 N–H and O–H groups in total. The Hall–Kier alpha value is -2.19. The summed E-state index contributed by atoms with van der Waals surface area (Å²) in [6.07, 6.45) is 3.35. The van der Waals surface area contributed by atoms with E-state index in [9.17, 15) is 0 Å². The number of aromatic nitrogens is 4. The fourth-order valence-corrected chi connectivity index (χ4v) is 3.51. The lowest BCUT2D eigenvalue weighted by Crippen LogP contribution is -2.07. The van der Waals surface area contributed by atoms with Crippen molar-refractivity contribution in [1.29, 1.82) is 0 Å². The first-order chi connectivity index (χ1) is 13.2. The van der Waals surface area contributed by atoms with E-state index in [0.717, 1.165) is 22.4 Å². The average molecular weight is 490 g/mol. The lowest BCUT2D eigenvalue weighted by Gasteiger charge is -2.11. The van der Waals surface area contributed by atoms with E-state index in [2.05, 4.69) is 67.2 Å². The van der Waals surface area contributed by atoms with Gasteiger partial charge in [0.05, 0.1) is 23.5 Å². The molecule has 0 aliphatic heterocycles. The summed E-state index contributed by atoms with van der Waals surface area (Å²) in [5.41, 5.74) is 3.03. The summed E-state index contributed by atoms with van der Waals surface area (Å²) >= 11 is 8.89. The third-order valence-corrected chi connectivity index (χ3v) is 5.41. The van der Waals surface area contributed by atoms with E-state index in [1.54, 1.807) is 12.5 Å². The highest BCUT2D eigenvalue weighted by Gasteiger charge is 2.14. The van der Waals surface area contributed by atoms with Gasteiger partial charge in [0.25, 0.3) is 0 Å². The van der Waals surface area contributed by atoms with Crippen LogP contribution in [0.1, 0.15) is 16.5 Å². The average Bonchev–Trinajstić information content (AvgIpc) is 3.11. The van der Waals surface area contributed by atoms with Gasteiger partial charge in [0.2, 0.25) is 0 Å². The zero-order valence-corrected chi connectivity index (χ0v) is 17.3. The summed E-state index contributed by atoms with van der Waals surface area (Å²) in [4.78, 5) is 8.78. The molecular weight excluding hydrogens is 473 g/mol. The van der Waals surface area contributed by atoms with Crippen LogP contribution in [0.2, 0.25) is 0 Å². The van der Waals surface area contributed by atoms with Gasteiger partial charge in [0, 0.05) is 10.1 Å². The molecule has 1 atom stereocenters. The molecule has 0 bridgehead atoms. The molecular formula is C20H17ClIN5. The number of nitrogens with one attached hydrogen (secondary N) is 1. The molecule has 0 saturated carbocycles. The SMILES string of the molecule is ClC(Cn1ncc2c(NCc3ccccc3)ncnc21)c1ccc(I)cc1. The van der Waals surface area contributed by atoms with E-state index < -0.39 is 0 Å². The van der Waals surface area contributed by atoms with Crippen LogP contribution in [0.15, 0.2) is 67.1 Å². The molecule has 0 spiro atoms. The van der Waals surface area contributed by atoms with Crippen LogP contribution in [-0.2, 0) is 13.1 Å². The van der Waals surface area contributed by atoms with Gasteiger partial charge in [-0.05, 0) is 45.9 Å². The highest BCUT2D eigenvalue weighted by atomic mass is 127. The van der Waals surface area contributed by atoms with Crippen LogP contribution in [0.3, 0.4) is 0 Å². The Kier molecular flexibility index (Phi) is 5.54. The lowest BCUT2D eigenvalue weighted by molar-refractivity contribution is 0.615. The van der Waals surface area contributed by atoms with E-state index in [4.69, 9.17) is 11.6 Å². The number of nitrogens with zero attached hydrogens (tertiary/aromatic N) is 4. The minimum Gasteiger partial charge on any atom is -0.365 e. The number of anilines is 1. The Morgan fingerprint density at radius 3 is 2.59 bits per heavy atom. The summed E-state index contributed by atoms with van der Waals surface area (Å²) in [6, 6.07) is 18.4. The molecule has 2 heterocycles. The fraction of sp³-hybridized carbons (Fsp3) is 0.150. The van der Waals surface area contributed by atoms with Crippen LogP contribution in [0.4, 0.5) is 5.82 Å². The van der Waals surface area contributed by atoms with E-state index in [0.29, 0.717) is 13.1 Å². The molecule has 2 aromatic carbocycles. The Bertz CT molecular complexity index is 1030. The first-order valence-electron chi connectivity index (χ1n) is 8.54. The first-order valence-corrected chi connectivity index (χ1v) is 10.1. The first kappa shape index (κ1) is 18.2. The lowest BCUT2D eigenvalue weighted by atomic mass is 10.1. The monoisotopic (exact) mass is 489 g/mol. The van der Waals surface area contributed by atoms with Gasteiger partial charge in [-0.1, -0.05) is 42.5 Å². The highest BCUT2D eigenvalue weighted by Crippen LogP contribution is 2.26. The van der Waals surface area contributed by atoms with Crippen LogP contribution in [0, 0.1) is 3.57 Å². The van der Waals surface area contributed by atoms with Crippen molar-refractivity contribution in [2.24, 2.45) is 0 Å². The number of alkyl halides is 1. The second-order valence-corrected chi connectivity index (χ2v) is 7.92. The van der Waals surface area contributed by atoms with Crippen molar-refractivity contribution < 1.29 is 0 Å². The van der Waals surface area contributed by atoms with E-state index >= 15 is 0 Å². The van der Waals surface area contributed by atoms with Crippen LogP contribution in [0.25, 0.3) is 11.0 Å². The molecule has 0 fully saturated rings. The van der Waals surface area contributed by atoms with Gasteiger partial charge < -0.3 is 5.32 Å². The van der Waals surface area contributed by atoms with Crippen molar-refractivity contribution in [2.75, 3.05) is 5.32 Å². The van der Waals surface area contributed by atoms with E-state index in [-0.39, 0.29) is 5.38 Å². The van der Waals surface area contributed by atoms with Gasteiger partial charge in [0.1, 0.15) is 12.1 Å². The Balaban J connectivity index is 1.54. The van der Waals surface area contributed by atoms with Gasteiger partial charge in [0.15, 0.2) is 5.65 Å². The summed E-state index contributed by atoms with van der Waals surface area (Å²) in [6.45, 7) is 1.24. The molecule has 0 aliphatic rings. The third kappa shape index (κ3) is 4.22. The smallest absolute Gasteiger partial charge is 0.163 e. The number of benzene rings is 2. The van der Waals surface area contributed by atoms with Gasteiger partial charge in [-0.15, -0.1) is 11.6 Å². The minimum atomic E-state index is -0.180. The fourth-order valence-electron chi connectivity index (χ4n) is 2.88. The van der Waals surface area contributed by atoms with Crippen molar-refractivity contribution in [3.05, 3.63) is 81.8 Å². The van der Waals surface area contributed by atoms with Crippen molar-refractivity contribution in [3.63, 3.8) is 0 Å². The maximum atomic E-state index is 6.61. The quantitative estimate of drug-likeness (QED) is 0.305. The maximum Gasteiger partial charge on any atom is 0.163 e. The number of rotatable bonds is 6. The molecule has 0 aliphatic carbocycles. The van der Waals surface area contributed by atoms with Crippen molar-refractivity contribution in [2.45, 2.75) is 18.5 Å². The molecule has 4 aromatic rings. The predicted molar refractivity (Wildman–Crippen MR) is 117 cm³/mol. The summed E-state index contributed by atoms with van der Waals surface area (Å²) in [5.74, 6) is 0.774.